The Labute approximate surface area is 236 Å². The topological polar surface area (TPSA) is 0 Å². The zero-order valence-electron chi connectivity index (χ0n) is 19.7. The first-order valence-electron chi connectivity index (χ1n) is 10.6. The first kappa shape index (κ1) is 35.7. The lowest BCUT2D eigenvalue weighted by atomic mass is 10.1. The summed E-state index contributed by atoms with van der Waals surface area (Å²) in [5.41, 5.74) is -9.74. The SMILES string of the molecule is C.Cc1cc(C(F)(F)F)cc([P+](Br)(c2cc(C(F)(F)F)cc(C(F)(F)F)c2)c2cc(C(F)(F)F)cc(C(F)(F)F)c2)c1. The van der Waals surface area contributed by atoms with E-state index in [2.05, 4.69) is 15.5 Å². The maximum Gasteiger partial charge on any atom is 0.416 e. The van der Waals surface area contributed by atoms with Crippen molar-refractivity contribution in [2.24, 2.45) is 0 Å². The summed E-state index contributed by atoms with van der Waals surface area (Å²) in [5, 5.41) is -3.05. The van der Waals surface area contributed by atoms with Crippen molar-refractivity contribution in [1.29, 1.82) is 0 Å². The highest BCUT2D eigenvalue weighted by Gasteiger charge is 2.51. The van der Waals surface area contributed by atoms with Gasteiger partial charge in [0.15, 0.2) is 21.5 Å². The van der Waals surface area contributed by atoms with Crippen molar-refractivity contribution in [2.45, 2.75) is 45.2 Å². The zero-order valence-corrected chi connectivity index (χ0v) is 22.2. The van der Waals surface area contributed by atoms with Crippen molar-refractivity contribution >= 4 is 37.4 Å². The van der Waals surface area contributed by atoms with Gasteiger partial charge < -0.3 is 0 Å². The molecule has 0 aliphatic carbocycles. The average molecular weight is 712 g/mol. The van der Waals surface area contributed by atoms with Crippen LogP contribution in [-0.4, -0.2) is 0 Å². The smallest absolute Gasteiger partial charge is 0.166 e. The first-order chi connectivity index (χ1) is 18.2. The van der Waals surface area contributed by atoms with Crippen LogP contribution >= 0.6 is 21.5 Å². The highest BCUT2D eigenvalue weighted by molar-refractivity contribution is 9.44. The summed E-state index contributed by atoms with van der Waals surface area (Å²) >= 11 is 2.82. The molecule has 0 nitrogen and oxygen atoms in total. The Morgan fingerprint density at radius 1 is 0.405 bits per heavy atom. The Bertz CT molecular complexity index is 1300. The van der Waals surface area contributed by atoms with Crippen molar-refractivity contribution < 1.29 is 65.9 Å². The Balaban J connectivity index is 0.00000616. The van der Waals surface area contributed by atoms with E-state index in [0.717, 1.165) is 13.0 Å². The molecule has 0 aromatic heterocycles. The Morgan fingerprint density at radius 2 is 0.619 bits per heavy atom. The molecule has 3 rings (SSSR count). The minimum atomic E-state index is -5.50. The van der Waals surface area contributed by atoms with Crippen LogP contribution < -0.4 is 15.9 Å². The van der Waals surface area contributed by atoms with Crippen molar-refractivity contribution in [3.63, 3.8) is 0 Å². The second kappa shape index (κ2) is 11.2. The summed E-state index contributed by atoms with van der Waals surface area (Å²) in [6.45, 7) is 1.04. The number of benzene rings is 3. The molecule has 0 bridgehead atoms. The quantitative estimate of drug-likeness (QED) is 0.187. The van der Waals surface area contributed by atoms with E-state index in [1.807, 2.05) is 0 Å². The van der Waals surface area contributed by atoms with Crippen LogP contribution in [-0.2, 0) is 30.9 Å². The number of rotatable bonds is 3. The van der Waals surface area contributed by atoms with Gasteiger partial charge in [-0.05, 0) is 67.1 Å². The number of alkyl halides is 15. The van der Waals surface area contributed by atoms with Crippen molar-refractivity contribution in [1.82, 2.24) is 0 Å². The van der Waals surface area contributed by atoms with Crippen LogP contribution in [0.3, 0.4) is 0 Å². The second-order valence-electron chi connectivity index (χ2n) is 8.67. The molecule has 0 heterocycles. The van der Waals surface area contributed by atoms with E-state index >= 15 is 0 Å². The number of halogens is 16. The van der Waals surface area contributed by atoms with Gasteiger partial charge in [-0.25, -0.2) is 0 Å². The molecule has 0 fully saturated rings. The van der Waals surface area contributed by atoms with Crippen molar-refractivity contribution in [3.8, 4) is 0 Å². The van der Waals surface area contributed by atoms with E-state index in [1.165, 1.54) is 0 Å². The molecule has 3 aromatic carbocycles. The van der Waals surface area contributed by atoms with Gasteiger partial charge in [0.2, 0.25) is 0 Å². The van der Waals surface area contributed by atoms with Crippen molar-refractivity contribution in [3.05, 3.63) is 88.0 Å². The van der Waals surface area contributed by atoms with E-state index in [0.29, 0.717) is 6.07 Å². The fourth-order valence-electron chi connectivity index (χ4n) is 3.78. The van der Waals surface area contributed by atoms with Crippen molar-refractivity contribution in [2.75, 3.05) is 0 Å². The normalized spacial score (nSPS) is 13.6. The molecular formula is C25H16BrF15P+. The molecule has 0 N–H and O–H groups in total. The number of aryl methyl sites for hydroxylation is 1. The van der Waals surface area contributed by atoms with Gasteiger partial charge in [-0.1, -0.05) is 7.43 Å². The minimum Gasteiger partial charge on any atom is -0.166 e. The molecule has 0 spiro atoms. The third-order valence-corrected chi connectivity index (χ3v) is 12.2. The highest BCUT2D eigenvalue weighted by atomic mass is 79.9. The Hall–Kier alpha value is -2.48. The molecule has 232 valence electrons. The van der Waals surface area contributed by atoms with Gasteiger partial charge in [0.25, 0.3) is 0 Å². The summed E-state index contributed by atoms with van der Waals surface area (Å²) in [6.07, 6.45) is -27.1. The highest BCUT2D eigenvalue weighted by Crippen LogP contribution is 2.64. The molecule has 0 aliphatic rings. The number of hydrogen-bond donors (Lipinski definition) is 0. The van der Waals surface area contributed by atoms with Crippen LogP contribution in [0.2, 0.25) is 0 Å². The first-order valence-corrected chi connectivity index (χ1v) is 14.4. The predicted molar refractivity (Wildman–Crippen MR) is 131 cm³/mol. The number of hydrogen-bond acceptors (Lipinski definition) is 0. The summed E-state index contributed by atoms with van der Waals surface area (Å²) in [7, 11) is 0. The maximum absolute atomic E-state index is 13.6. The van der Waals surface area contributed by atoms with Gasteiger partial charge in [0, 0.05) is 0 Å². The molecule has 42 heavy (non-hydrogen) atoms. The van der Waals surface area contributed by atoms with Gasteiger partial charge in [-0.15, -0.1) is 0 Å². The van der Waals surface area contributed by atoms with E-state index in [-0.39, 0.29) is 55.5 Å². The fraction of sp³-hybridized carbons (Fsp3) is 0.280. The van der Waals surface area contributed by atoms with Crippen LogP contribution in [0.15, 0.2) is 54.6 Å². The van der Waals surface area contributed by atoms with Crippen LogP contribution in [0.4, 0.5) is 65.9 Å². The van der Waals surface area contributed by atoms with Gasteiger partial charge in [-0.3, -0.25) is 0 Å². The standard InChI is InChI=1S/C24H12BrF15P.CH4/c1-11-2-12(20(26,27)28)6-17(3-11)41(25,18-7-13(21(29,30)31)4-14(8-18)22(32,33)34)19-9-15(23(35,36)37)5-16(10-19)24(38,39)40;/h2-10H,1H3;1H4/q+1;. The van der Waals surface area contributed by atoms with Crippen LogP contribution in [0.25, 0.3) is 0 Å². The summed E-state index contributed by atoms with van der Waals surface area (Å²) in [6, 6.07) is 1.08. The van der Waals surface area contributed by atoms with Gasteiger partial charge >= 0.3 is 30.9 Å². The minimum absolute atomic E-state index is 0. The monoisotopic (exact) mass is 711 g/mol. The van der Waals surface area contributed by atoms with Gasteiger partial charge in [-0.2, -0.15) is 65.9 Å². The molecule has 0 saturated heterocycles. The largest absolute Gasteiger partial charge is 0.416 e. The molecule has 0 unspecified atom stereocenters. The molecule has 0 radical (unpaired) electrons. The molecule has 3 aromatic rings. The third kappa shape index (κ3) is 7.53. The maximum atomic E-state index is 13.6. The van der Waals surface area contributed by atoms with Crippen LogP contribution in [0, 0.1) is 6.92 Å². The zero-order chi connectivity index (χ0) is 31.6. The van der Waals surface area contributed by atoms with E-state index < -0.39 is 80.6 Å². The summed E-state index contributed by atoms with van der Waals surface area (Å²) in [5.74, 6) is -4.72. The molecule has 17 heteroatoms. The summed E-state index contributed by atoms with van der Waals surface area (Å²) < 4.78 is 205. The fourth-order valence-corrected chi connectivity index (χ4v) is 8.49. The van der Waals surface area contributed by atoms with Gasteiger partial charge in [0.1, 0.15) is 15.9 Å². The van der Waals surface area contributed by atoms with Gasteiger partial charge in [0.05, 0.1) is 27.8 Å². The predicted octanol–water partition coefficient (Wildman–Crippen LogP) is 10.3. The Kier molecular flexibility index (Phi) is 9.54. The average Bonchev–Trinajstić information content (AvgIpc) is 2.79. The Morgan fingerprint density at radius 3 is 0.857 bits per heavy atom. The van der Waals surface area contributed by atoms with E-state index in [4.69, 9.17) is 0 Å². The van der Waals surface area contributed by atoms with E-state index in [9.17, 15) is 65.9 Å². The molecular weight excluding hydrogens is 696 g/mol. The lowest BCUT2D eigenvalue weighted by Gasteiger charge is -2.25. The lowest BCUT2D eigenvalue weighted by molar-refractivity contribution is -0.144. The molecule has 0 amide bonds. The van der Waals surface area contributed by atoms with Crippen LogP contribution in [0.5, 0.6) is 0 Å². The molecule has 0 atom stereocenters. The van der Waals surface area contributed by atoms with E-state index in [1.54, 1.807) is 0 Å². The lowest BCUT2D eigenvalue weighted by Crippen LogP contribution is -2.31. The second-order valence-corrected chi connectivity index (χ2v) is 14.6. The third-order valence-electron chi connectivity index (χ3n) is 5.60. The molecule has 0 saturated carbocycles. The summed E-state index contributed by atoms with van der Waals surface area (Å²) in [4.78, 5) is 0. The molecule has 0 aliphatic heterocycles. The van der Waals surface area contributed by atoms with Crippen LogP contribution in [0.1, 0.15) is 40.8 Å².